The molecule has 0 heterocycles. The standard InChI is InChI=1S/C14H26N2O/c1-2-11-3-5-12(6-4-11)9-15-10-14(17)16-13-7-8-13/h11-13,15H,2-10H2,1H3,(H,16,17). The summed E-state index contributed by atoms with van der Waals surface area (Å²) in [4.78, 5) is 11.5. The molecule has 3 heteroatoms. The SMILES string of the molecule is CCC1CCC(CNCC(=O)NC2CC2)CC1. The molecule has 0 unspecified atom stereocenters. The van der Waals surface area contributed by atoms with Crippen LogP contribution in [0.1, 0.15) is 51.9 Å². The van der Waals surface area contributed by atoms with Crippen LogP contribution in [-0.2, 0) is 4.79 Å². The van der Waals surface area contributed by atoms with Gasteiger partial charge in [-0.1, -0.05) is 26.2 Å². The summed E-state index contributed by atoms with van der Waals surface area (Å²) in [5, 5.41) is 6.32. The van der Waals surface area contributed by atoms with E-state index in [-0.39, 0.29) is 5.91 Å². The molecule has 0 radical (unpaired) electrons. The maximum absolute atomic E-state index is 11.5. The summed E-state index contributed by atoms with van der Waals surface area (Å²) in [7, 11) is 0. The molecule has 0 aromatic rings. The third-order valence-electron chi connectivity index (χ3n) is 4.20. The lowest BCUT2D eigenvalue weighted by Crippen LogP contribution is -2.37. The average molecular weight is 238 g/mol. The number of rotatable bonds is 6. The number of nitrogens with one attached hydrogen (secondary N) is 2. The summed E-state index contributed by atoms with van der Waals surface area (Å²) in [6.45, 7) is 3.82. The van der Waals surface area contributed by atoms with E-state index in [2.05, 4.69) is 17.6 Å². The van der Waals surface area contributed by atoms with Crippen LogP contribution < -0.4 is 10.6 Å². The Morgan fingerprint density at radius 1 is 1.06 bits per heavy atom. The van der Waals surface area contributed by atoms with Gasteiger partial charge >= 0.3 is 0 Å². The third kappa shape index (κ3) is 4.66. The van der Waals surface area contributed by atoms with Gasteiger partial charge in [0.05, 0.1) is 6.54 Å². The molecule has 0 aromatic carbocycles. The van der Waals surface area contributed by atoms with Crippen molar-refractivity contribution in [3.05, 3.63) is 0 Å². The lowest BCUT2D eigenvalue weighted by Gasteiger charge is -2.27. The zero-order chi connectivity index (χ0) is 12.1. The highest BCUT2D eigenvalue weighted by atomic mass is 16.2. The number of amides is 1. The lowest BCUT2D eigenvalue weighted by atomic mass is 9.81. The van der Waals surface area contributed by atoms with Crippen molar-refractivity contribution in [1.82, 2.24) is 10.6 Å². The van der Waals surface area contributed by atoms with Gasteiger partial charge in [0.15, 0.2) is 0 Å². The van der Waals surface area contributed by atoms with Crippen LogP contribution in [0.15, 0.2) is 0 Å². The molecule has 0 bridgehead atoms. The topological polar surface area (TPSA) is 41.1 Å². The molecule has 2 rings (SSSR count). The molecule has 3 nitrogen and oxygen atoms in total. The number of hydrogen-bond donors (Lipinski definition) is 2. The highest BCUT2D eigenvalue weighted by Crippen LogP contribution is 2.29. The summed E-state index contributed by atoms with van der Waals surface area (Å²) in [5.41, 5.74) is 0. The molecule has 2 saturated carbocycles. The second-order valence-electron chi connectivity index (χ2n) is 5.77. The van der Waals surface area contributed by atoms with E-state index in [0.717, 1.165) is 18.4 Å². The first-order chi connectivity index (χ1) is 8.28. The average Bonchev–Trinajstić information content (AvgIpc) is 3.14. The lowest BCUT2D eigenvalue weighted by molar-refractivity contribution is -0.120. The van der Waals surface area contributed by atoms with Crippen molar-refractivity contribution >= 4 is 5.91 Å². The summed E-state index contributed by atoms with van der Waals surface area (Å²) >= 11 is 0. The van der Waals surface area contributed by atoms with E-state index in [4.69, 9.17) is 0 Å². The predicted molar refractivity (Wildman–Crippen MR) is 69.8 cm³/mol. The molecule has 2 aliphatic carbocycles. The van der Waals surface area contributed by atoms with Gasteiger partial charge in [-0.15, -0.1) is 0 Å². The van der Waals surface area contributed by atoms with Gasteiger partial charge in [-0.2, -0.15) is 0 Å². The van der Waals surface area contributed by atoms with Crippen molar-refractivity contribution in [2.45, 2.75) is 57.9 Å². The highest BCUT2D eigenvalue weighted by Gasteiger charge is 2.23. The van der Waals surface area contributed by atoms with Crippen LogP contribution in [0.2, 0.25) is 0 Å². The molecule has 0 spiro atoms. The van der Waals surface area contributed by atoms with Gasteiger partial charge in [-0.05, 0) is 44.1 Å². The molecule has 2 N–H and O–H groups in total. The van der Waals surface area contributed by atoms with Gasteiger partial charge in [0.25, 0.3) is 0 Å². The number of hydrogen-bond acceptors (Lipinski definition) is 2. The van der Waals surface area contributed by atoms with Gasteiger partial charge in [0.1, 0.15) is 0 Å². The molecule has 0 saturated heterocycles. The van der Waals surface area contributed by atoms with E-state index >= 15 is 0 Å². The van der Waals surface area contributed by atoms with Crippen molar-refractivity contribution in [3.63, 3.8) is 0 Å². The molecule has 98 valence electrons. The highest BCUT2D eigenvalue weighted by molar-refractivity contribution is 5.78. The summed E-state index contributed by atoms with van der Waals surface area (Å²) in [6.07, 6.45) is 9.14. The third-order valence-corrected chi connectivity index (χ3v) is 4.20. The maximum atomic E-state index is 11.5. The van der Waals surface area contributed by atoms with E-state index in [1.54, 1.807) is 0 Å². The molecule has 0 atom stereocenters. The second kappa shape index (κ2) is 6.39. The van der Waals surface area contributed by atoms with E-state index in [1.165, 1.54) is 44.9 Å². The first kappa shape index (κ1) is 12.9. The van der Waals surface area contributed by atoms with E-state index in [0.29, 0.717) is 12.6 Å². The second-order valence-corrected chi connectivity index (χ2v) is 5.77. The molecule has 1 amide bonds. The van der Waals surface area contributed by atoms with Crippen LogP contribution in [0.25, 0.3) is 0 Å². The van der Waals surface area contributed by atoms with Crippen LogP contribution in [0.3, 0.4) is 0 Å². The van der Waals surface area contributed by atoms with Crippen LogP contribution in [0, 0.1) is 11.8 Å². The van der Waals surface area contributed by atoms with Crippen molar-refractivity contribution in [3.8, 4) is 0 Å². The van der Waals surface area contributed by atoms with Crippen LogP contribution in [-0.4, -0.2) is 25.0 Å². The molecule has 2 aliphatic rings. The van der Waals surface area contributed by atoms with Gasteiger partial charge < -0.3 is 10.6 Å². The number of carbonyl (C=O) groups is 1. The quantitative estimate of drug-likeness (QED) is 0.744. The minimum absolute atomic E-state index is 0.176. The van der Waals surface area contributed by atoms with E-state index in [9.17, 15) is 4.79 Å². The molecule has 0 aromatic heterocycles. The largest absolute Gasteiger partial charge is 0.352 e. The van der Waals surface area contributed by atoms with Crippen molar-refractivity contribution in [2.75, 3.05) is 13.1 Å². The van der Waals surface area contributed by atoms with Crippen molar-refractivity contribution < 1.29 is 4.79 Å². The zero-order valence-electron chi connectivity index (χ0n) is 11.0. The fourth-order valence-electron chi connectivity index (χ4n) is 2.74. The smallest absolute Gasteiger partial charge is 0.234 e. The first-order valence-electron chi connectivity index (χ1n) is 7.28. The van der Waals surface area contributed by atoms with Gasteiger partial charge in [-0.3, -0.25) is 4.79 Å². The minimum atomic E-state index is 0.176. The Hall–Kier alpha value is -0.570. The monoisotopic (exact) mass is 238 g/mol. The fraction of sp³-hybridized carbons (Fsp3) is 0.929. The summed E-state index contributed by atoms with van der Waals surface area (Å²) < 4.78 is 0. The Labute approximate surface area is 105 Å². The molecule has 17 heavy (non-hydrogen) atoms. The van der Waals surface area contributed by atoms with Crippen molar-refractivity contribution in [2.24, 2.45) is 11.8 Å². The van der Waals surface area contributed by atoms with Crippen LogP contribution >= 0.6 is 0 Å². The summed E-state index contributed by atoms with van der Waals surface area (Å²) in [5.74, 6) is 1.94. The number of carbonyl (C=O) groups excluding carboxylic acids is 1. The zero-order valence-corrected chi connectivity index (χ0v) is 11.0. The normalized spacial score (nSPS) is 29.0. The van der Waals surface area contributed by atoms with Crippen LogP contribution in [0.5, 0.6) is 0 Å². The van der Waals surface area contributed by atoms with Gasteiger partial charge in [0.2, 0.25) is 5.91 Å². The van der Waals surface area contributed by atoms with E-state index in [1.807, 2.05) is 0 Å². The van der Waals surface area contributed by atoms with Crippen molar-refractivity contribution in [1.29, 1.82) is 0 Å². The Kier molecular flexibility index (Phi) is 4.84. The first-order valence-corrected chi connectivity index (χ1v) is 7.28. The molecule has 2 fully saturated rings. The minimum Gasteiger partial charge on any atom is -0.352 e. The molecule has 0 aliphatic heterocycles. The van der Waals surface area contributed by atoms with Gasteiger partial charge in [-0.25, -0.2) is 0 Å². The molecular weight excluding hydrogens is 212 g/mol. The van der Waals surface area contributed by atoms with E-state index < -0.39 is 0 Å². The van der Waals surface area contributed by atoms with Gasteiger partial charge in [0, 0.05) is 6.04 Å². The Bertz CT molecular complexity index is 243. The van der Waals surface area contributed by atoms with Crippen LogP contribution in [0.4, 0.5) is 0 Å². The fourth-order valence-corrected chi connectivity index (χ4v) is 2.74. The Balaban J connectivity index is 1.51. The Morgan fingerprint density at radius 3 is 2.29 bits per heavy atom. The predicted octanol–water partition coefficient (Wildman–Crippen LogP) is 2.07. The molecular formula is C14H26N2O. The summed E-state index contributed by atoms with van der Waals surface area (Å²) in [6, 6.07) is 0.490. The maximum Gasteiger partial charge on any atom is 0.234 e. The Morgan fingerprint density at radius 2 is 1.71 bits per heavy atom.